The van der Waals surface area contributed by atoms with Gasteiger partial charge in [0.25, 0.3) is 0 Å². The van der Waals surface area contributed by atoms with Crippen molar-refractivity contribution >= 4 is 11.8 Å². The van der Waals surface area contributed by atoms with E-state index in [4.69, 9.17) is 9.47 Å². The molecule has 0 amide bonds. The predicted molar refractivity (Wildman–Crippen MR) is 73.8 cm³/mol. The van der Waals surface area contributed by atoms with Crippen molar-refractivity contribution < 1.29 is 23.8 Å². The number of rotatable bonds is 6. The number of benzene rings is 1. The lowest BCUT2D eigenvalue weighted by Crippen LogP contribution is -2.15. The van der Waals surface area contributed by atoms with Gasteiger partial charge in [-0.3, -0.25) is 4.79 Å². The molecular weight excluding hydrogens is 260 g/mol. The number of carbonyl (C=O) groups is 2. The summed E-state index contributed by atoms with van der Waals surface area (Å²) in [7, 11) is 2.77. The number of carbonyl (C=O) groups excluding carboxylic acids is 2. The molecule has 0 heterocycles. The Morgan fingerprint density at radius 1 is 1.25 bits per heavy atom. The third-order valence-corrected chi connectivity index (χ3v) is 2.67. The van der Waals surface area contributed by atoms with Crippen LogP contribution < -0.4 is 4.74 Å². The summed E-state index contributed by atoms with van der Waals surface area (Å²) in [5.74, 6) is -0.497. The highest BCUT2D eigenvalue weighted by atomic mass is 16.5. The van der Waals surface area contributed by atoms with E-state index < -0.39 is 11.8 Å². The molecule has 0 saturated carbocycles. The Kier molecular flexibility index (Phi) is 5.77. The van der Waals surface area contributed by atoms with Crippen LogP contribution >= 0.6 is 0 Å². The quantitative estimate of drug-likeness (QED) is 0.199. The standard InChI is InChI=1S/C15H18O5/c1-5-20-9-12(15(17)19-4)14(16)11-6-7-13(18-3)10(2)8-11/h6-9H,5H2,1-4H3/b12-9+. The summed E-state index contributed by atoms with van der Waals surface area (Å²) in [5, 5.41) is 0. The summed E-state index contributed by atoms with van der Waals surface area (Å²) < 4.78 is 14.8. The van der Waals surface area contributed by atoms with E-state index in [1.807, 2.05) is 6.92 Å². The molecule has 0 radical (unpaired) electrons. The van der Waals surface area contributed by atoms with Gasteiger partial charge in [-0.05, 0) is 37.6 Å². The first kappa shape index (κ1) is 15.8. The number of esters is 1. The molecule has 1 aromatic carbocycles. The van der Waals surface area contributed by atoms with Crippen LogP contribution in [0.5, 0.6) is 5.75 Å². The van der Waals surface area contributed by atoms with E-state index in [2.05, 4.69) is 4.74 Å². The summed E-state index contributed by atoms with van der Waals surface area (Å²) in [6, 6.07) is 4.93. The molecule has 0 saturated heterocycles. The Hall–Kier alpha value is -2.30. The van der Waals surface area contributed by atoms with Crippen LogP contribution in [0.15, 0.2) is 30.0 Å². The van der Waals surface area contributed by atoms with Gasteiger partial charge in [0.2, 0.25) is 5.78 Å². The van der Waals surface area contributed by atoms with Crippen LogP contribution in [0.2, 0.25) is 0 Å². The fraction of sp³-hybridized carbons (Fsp3) is 0.333. The smallest absolute Gasteiger partial charge is 0.345 e. The molecule has 0 spiro atoms. The number of ether oxygens (including phenoxy) is 3. The van der Waals surface area contributed by atoms with Gasteiger partial charge >= 0.3 is 5.97 Å². The molecule has 5 heteroatoms. The molecule has 20 heavy (non-hydrogen) atoms. The Bertz CT molecular complexity index is 531. The first-order valence-corrected chi connectivity index (χ1v) is 6.14. The molecule has 0 N–H and O–H groups in total. The topological polar surface area (TPSA) is 61.8 Å². The van der Waals surface area contributed by atoms with Gasteiger partial charge in [-0.2, -0.15) is 0 Å². The molecule has 5 nitrogen and oxygen atoms in total. The van der Waals surface area contributed by atoms with E-state index in [1.54, 1.807) is 32.2 Å². The molecule has 0 bridgehead atoms. The van der Waals surface area contributed by atoms with Crippen LogP contribution in [0.4, 0.5) is 0 Å². The number of methoxy groups -OCH3 is 2. The van der Waals surface area contributed by atoms with Crippen LogP contribution in [0.3, 0.4) is 0 Å². The zero-order valence-corrected chi connectivity index (χ0v) is 12.1. The largest absolute Gasteiger partial charge is 0.500 e. The van der Waals surface area contributed by atoms with Gasteiger partial charge in [-0.25, -0.2) is 4.79 Å². The van der Waals surface area contributed by atoms with Gasteiger partial charge in [0.05, 0.1) is 20.8 Å². The fourth-order valence-electron chi connectivity index (χ4n) is 1.65. The van der Waals surface area contributed by atoms with Crippen molar-refractivity contribution in [3.63, 3.8) is 0 Å². The number of aryl methyl sites for hydroxylation is 1. The zero-order chi connectivity index (χ0) is 15.1. The number of hydrogen-bond donors (Lipinski definition) is 0. The first-order valence-electron chi connectivity index (χ1n) is 6.14. The monoisotopic (exact) mass is 278 g/mol. The second-order valence-electron chi connectivity index (χ2n) is 3.99. The van der Waals surface area contributed by atoms with E-state index in [9.17, 15) is 9.59 Å². The molecule has 0 atom stereocenters. The van der Waals surface area contributed by atoms with Gasteiger partial charge in [0.1, 0.15) is 17.6 Å². The first-order chi connectivity index (χ1) is 9.54. The second-order valence-corrected chi connectivity index (χ2v) is 3.99. The third kappa shape index (κ3) is 3.60. The summed E-state index contributed by atoms with van der Waals surface area (Å²) in [5.41, 5.74) is 1.04. The lowest BCUT2D eigenvalue weighted by molar-refractivity contribution is -0.135. The fourth-order valence-corrected chi connectivity index (χ4v) is 1.65. The zero-order valence-electron chi connectivity index (χ0n) is 12.1. The van der Waals surface area contributed by atoms with Crippen LogP contribution in [0.1, 0.15) is 22.8 Å². The minimum atomic E-state index is -0.725. The number of Topliss-reactive ketones (excluding diaryl/α,β-unsaturated/α-hetero) is 1. The summed E-state index contributed by atoms with van der Waals surface area (Å²) >= 11 is 0. The molecular formula is C15H18O5. The highest BCUT2D eigenvalue weighted by Crippen LogP contribution is 2.20. The van der Waals surface area contributed by atoms with Crippen molar-refractivity contribution in [2.75, 3.05) is 20.8 Å². The Balaban J connectivity index is 3.12. The van der Waals surface area contributed by atoms with E-state index >= 15 is 0 Å². The van der Waals surface area contributed by atoms with Crippen molar-refractivity contribution in [3.05, 3.63) is 41.2 Å². The molecule has 0 aliphatic heterocycles. The van der Waals surface area contributed by atoms with Gasteiger partial charge in [-0.15, -0.1) is 0 Å². The average molecular weight is 278 g/mol. The van der Waals surface area contributed by atoms with Gasteiger partial charge in [-0.1, -0.05) is 0 Å². The number of hydrogen-bond acceptors (Lipinski definition) is 5. The minimum Gasteiger partial charge on any atom is -0.500 e. The molecule has 0 aromatic heterocycles. The Morgan fingerprint density at radius 3 is 2.45 bits per heavy atom. The van der Waals surface area contributed by atoms with Crippen molar-refractivity contribution in [2.45, 2.75) is 13.8 Å². The molecule has 1 rings (SSSR count). The summed E-state index contributed by atoms with van der Waals surface area (Å²) in [4.78, 5) is 23.9. The second kappa shape index (κ2) is 7.33. The highest BCUT2D eigenvalue weighted by molar-refractivity contribution is 6.24. The molecule has 0 fully saturated rings. The molecule has 108 valence electrons. The lowest BCUT2D eigenvalue weighted by Gasteiger charge is -2.08. The molecule has 0 aliphatic carbocycles. The highest BCUT2D eigenvalue weighted by Gasteiger charge is 2.21. The Labute approximate surface area is 118 Å². The molecule has 0 unspecified atom stereocenters. The lowest BCUT2D eigenvalue weighted by atomic mass is 10.0. The van der Waals surface area contributed by atoms with Crippen LogP contribution in [-0.4, -0.2) is 32.6 Å². The average Bonchev–Trinajstić information content (AvgIpc) is 2.46. The van der Waals surface area contributed by atoms with Crippen LogP contribution in [0.25, 0.3) is 0 Å². The van der Waals surface area contributed by atoms with Crippen LogP contribution in [0, 0.1) is 6.92 Å². The summed E-state index contributed by atoms with van der Waals surface area (Å²) in [6.45, 7) is 3.93. The van der Waals surface area contributed by atoms with Crippen molar-refractivity contribution in [1.29, 1.82) is 0 Å². The van der Waals surface area contributed by atoms with Gasteiger partial charge in [0, 0.05) is 5.56 Å². The third-order valence-electron chi connectivity index (χ3n) is 2.67. The van der Waals surface area contributed by atoms with Crippen molar-refractivity contribution in [3.8, 4) is 5.75 Å². The van der Waals surface area contributed by atoms with E-state index in [0.29, 0.717) is 17.9 Å². The SMILES string of the molecule is CCO/C=C(/C(=O)OC)C(=O)c1ccc(OC)c(C)c1. The van der Waals surface area contributed by atoms with Gasteiger partial charge < -0.3 is 14.2 Å². The predicted octanol–water partition coefficient (Wildman–Crippen LogP) is 2.28. The minimum absolute atomic E-state index is 0.140. The van der Waals surface area contributed by atoms with E-state index in [1.165, 1.54) is 7.11 Å². The van der Waals surface area contributed by atoms with Crippen LogP contribution in [-0.2, 0) is 14.3 Å². The maximum absolute atomic E-state index is 12.3. The van der Waals surface area contributed by atoms with Gasteiger partial charge in [0.15, 0.2) is 0 Å². The van der Waals surface area contributed by atoms with E-state index in [0.717, 1.165) is 11.8 Å². The van der Waals surface area contributed by atoms with E-state index in [-0.39, 0.29) is 5.57 Å². The molecule has 0 aliphatic rings. The summed E-state index contributed by atoms with van der Waals surface area (Å²) in [6.07, 6.45) is 1.13. The normalized spacial score (nSPS) is 10.9. The maximum atomic E-state index is 12.3. The number of ketones is 1. The van der Waals surface area contributed by atoms with Crippen molar-refractivity contribution in [1.82, 2.24) is 0 Å². The molecule has 1 aromatic rings. The van der Waals surface area contributed by atoms with Crippen molar-refractivity contribution in [2.24, 2.45) is 0 Å². The maximum Gasteiger partial charge on any atom is 0.345 e. The Morgan fingerprint density at radius 2 is 1.95 bits per heavy atom.